The minimum Gasteiger partial charge on any atom is -0.413 e. The molecule has 0 aliphatic heterocycles. The van der Waals surface area contributed by atoms with Crippen molar-refractivity contribution >= 4 is 14.1 Å². The molecule has 116 valence electrons. The maximum atomic E-state index is 12.0. The highest BCUT2D eigenvalue weighted by Gasteiger charge is 2.55. The van der Waals surface area contributed by atoms with Crippen molar-refractivity contribution in [3.05, 3.63) is 0 Å². The van der Waals surface area contributed by atoms with E-state index < -0.39 is 8.32 Å². The Morgan fingerprint density at radius 1 is 1.25 bits per heavy atom. The minimum absolute atomic E-state index is 0.225. The number of carbonyl (C=O) groups excluding carboxylic acids is 1. The summed E-state index contributed by atoms with van der Waals surface area (Å²) in [4.78, 5) is 12.0. The smallest absolute Gasteiger partial charge is 0.192 e. The second kappa shape index (κ2) is 4.94. The maximum absolute atomic E-state index is 12.0. The van der Waals surface area contributed by atoms with Crippen LogP contribution in [0.2, 0.25) is 18.1 Å². The number of fused-ring (bicyclic) bond motifs is 1. The van der Waals surface area contributed by atoms with Crippen molar-refractivity contribution in [2.45, 2.75) is 84.5 Å². The van der Waals surface area contributed by atoms with Gasteiger partial charge in [-0.05, 0) is 48.7 Å². The topological polar surface area (TPSA) is 26.3 Å². The first kappa shape index (κ1) is 16.2. The Bertz CT molecular complexity index is 396. The Morgan fingerprint density at radius 2 is 1.85 bits per heavy atom. The quantitative estimate of drug-likeness (QED) is 0.685. The van der Waals surface area contributed by atoms with Crippen LogP contribution in [0.4, 0.5) is 0 Å². The largest absolute Gasteiger partial charge is 0.413 e. The van der Waals surface area contributed by atoms with Gasteiger partial charge in [-0.2, -0.15) is 0 Å². The third kappa shape index (κ3) is 2.52. The molecule has 1 unspecified atom stereocenters. The summed E-state index contributed by atoms with van der Waals surface area (Å²) in [6, 6.07) is 0. The van der Waals surface area contributed by atoms with Crippen LogP contribution < -0.4 is 0 Å². The molecule has 0 amide bonds. The monoisotopic (exact) mass is 296 g/mol. The summed E-state index contributed by atoms with van der Waals surface area (Å²) in [5.74, 6) is 1.25. The van der Waals surface area contributed by atoms with Crippen LogP contribution in [-0.4, -0.2) is 20.2 Å². The van der Waals surface area contributed by atoms with E-state index >= 15 is 0 Å². The summed E-state index contributed by atoms with van der Waals surface area (Å²) in [6.07, 6.45) is 4.46. The lowest BCUT2D eigenvalue weighted by atomic mass is 9.64. The average molecular weight is 297 g/mol. The number of rotatable bonds is 2. The molecule has 0 aromatic heterocycles. The summed E-state index contributed by atoms with van der Waals surface area (Å²) >= 11 is 0. The Morgan fingerprint density at radius 3 is 2.40 bits per heavy atom. The average Bonchev–Trinajstić information content (AvgIpc) is 2.61. The second-order valence-electron chi connectivity index (χ2n) is 8.81. The Labute approximate surface area is 125 Å². The van der Waals surface area contributed by atoms with Crippen molar-refractivity contribution in [2.24, 2.45) is 17.3 Å². The van der Waals surface area contributed by atoms with Gasteiger partial charge in [0.15, 0.2) is 8.32 Å². The van der Waals surface area contributed by atoms with Gasteiger partial charge < -0.3 is 4.43 Å². The Balaban J connectivity index is 2.18. The van der Waals surface area contributed by atoms with Crippen LogP contribution in [-0.2, 0) is 9.22 Å². The number of hydrogen-bond acceptors (Lipinski definition) is 2. The third-order valence-corrected chi connectivity index (χ3v) is 11.1. The molecule has 0 N–H and O–H groups in total. The van der Waals surface area contributed by atoms with Crippen LogP contribution in [0.3, 0.4) is 0 Å². The first-order chi connectivity index (χ1) is 8.99. The Hall–Kier alpha value is -0.153. The molecule has 2 fully saturated rings. The molecule has 2 aliphatic carbocycles. The van der Waals surface area contributed by atoms with Gasteiger partial charge in [-0.15, -0.1) is 0 Å². The van der Waals surface area contributed by atoms with Crippen molar-refractivity contribution in [1.82, 2.24) is 0 Å². The fourth-order valence-electron chi connectivity index (χ4n) is 3.97. The van der Waals surface area contributed by atoms with Crippen molar-refractivity contribution in [1.29, 1.82) is 0 Å². The predicted octanol–water partition coefficient (Wildman–Crippen LogP) is 4.79. The van der Waals surface area contributed by atoms with Gasteiger partial charge in [0.05, 0.1) is 6.10 Å². The third-order valence-electron chi connectivity index (χ3n) is 6.59. The highest BCUT2D eigenvalue weighted by atomic mass is 28.4. The fourth-order valence-corrected chi connectivity index (χ4v) is 5.42. The number of hydrogen-bond donors (Lipinski definition) is 0. The van der Waals surface area contributed by atoms with E-state index in [0.717, 1.165) is 19.3 Å². The molecule has 0 spiro atoms. The summed E-state index contributed by atoms with van der Waals surface area (Å²) in [5.41, 5.74) is 0.225. The number of carbonyl (C=O) groups is 1. The van der Waals surface area contributed by atoms with Crippen molar-refractivity contribution in [2.75, 3.05) is 0 Å². The lowest BCUT2D eigenvalue weighted by molar-refractivity contribution is -0.131. The van der Waals surface area contributed by atoms with Gasteiger partial charge in [-0.1, -0.05) is 34.6 Å². The SMILES string of the molecule is C[C@@H]1C(=O)CC[C@]2(C)C(O[Si](C)(C)C(C)(C)C)CC[C@@H]12. The lowest BCUT2D eigenvalue weighted by Crippen LogP contribution is -2.50. The molecular formula is C17H32O2Si. The normalized spacial score (nSPS) is 39.0. The summed E-state index contributed by atoms with van der Waals surface area (Å²) in [5, 5.41) is 0.261. The van der Waals surface area contributed by atoms with E-state index in [1.165, 1.54) is 6.42 Å². The molecule has 2 aliphatic rings. The van der Waals surface area contributed by atoms with E-state index in [1.807, 2.05) is 0 Å². The standard InChI is InChI=1S/C17H32O2Si/c1-12-13-8-9-15(17(13,5)11-10-14(12)18)19-20(6,7)16(2,3)4/h12-13,15H,8-11H2,1-7H3/t12-,13-,15?,17-/m0/s1. The molecule has 2 rings (SSSR count). The van der Waals surface area contributed by atoms with Gasteiger partial charge in [-0.25, -0.2) is 0 Å². The maximum Gasteiger partial charge on any atom is 0.192 e. The van der Waals surface area contributed by atoms with Gasteiger partial charge in [0.1, 0.15) is 5.78 Å². The molecule has 0 aromatic carbocycles. The molecular weight excluding hydrogens is 264 g/mol. The van der Waals surface area contributed by atoms with Crippen LogP contribution in [0, 0.1) is 17.3 Å². The van der Waals surface area contributed by atoms with Crippen molar-refractivity contribution in [3.8, 4) is 0 Å². The van der Waals surface area contributed by atoms with Crippen LogP contribution >= 0.6 is 0 Å². The lowest BCUT2D eigenvalue weighted by Gasteiger charge is -2.47. The van der Waals surface area contributed by atoms with Crippen LogP contribution in [0.1, 0.15) is 60.3 Å². The van der Waals surface area contributed by atoms with Gasteiger partial charge in [0.2, 0.25) is 0 Å². The first-order valence-corrected chi connectivity index (χ1v) is 11.1. The molecule has 20 heavy (non-hydrogen) atoms. The van der Waals surface area contributed by atoms with E-state index in [0.29, 0.717) is 17.8 Å². The van der Waals surface area contributed by atoms with Crippen molar-refractivity contribution in [3.63, 3.8) is 0 Å². The van der Waals surface area contributed by atoms with E-state index in [4.69, 9.17) is 4.43 Å². The fraction of sp³-hybridized carbons (Fsp3) is 0.941. The van der Waals surface area contributed by atoms with E-state index in [9.17, 15) is 4.79 Å². The van der Waals surface area contributed by atoms with Crippen LogP contribution in [0.5, 0.6) is 0 Å². The first-order valence-electron chi connectivity index (χ1n) is 8.19. The molecule has 4 atom stereocenters. The minimum atomic E-state index is -1.72. The van der Waals surface area contributed by atoms with Gasteiger partial charge in [-0.3, -0.25) is 4.79 Å². The zero-order chi connectivity index (χ0) is 15.3. The zero-order valence-electron chi connectivity index (χ0n) is 14.4. The molecule has 2 saturated carbocycles. The number of Topliss-reactive ketones (excluding diaryl/α,β-unsaturated/α-hetero) is 1. The molecule has 0 radical (unpaired) electrons. The van der Waals surface area contributed by atoms with Crippen LogP contribution in [0.25, 0.3) is 0 Å². The molecule has 3 heteroatoms. The molecule has 0 saturated heterocycles. The van der Waals surface area contributed by atoms with Gasteiger partial charge in [0.25, 0.3) is 0 Å². The number of ketones is 1. The second-order valence-corrected chi connectivity index (χ2v) is 13.6. The van der Waals surface area contributed by atoms with E-state index in [2.05, 4.69) is 47.7 Å². The van der Waals surface area contributed by atoms with Crippen LogP contribution in [0.15, 0.2) is 0 Å². The molecule has 0 heterocycles. The summed E-state index contributed by atoms with van der Waals surface area (Å²) in [6.45, 7) is 16.1. The summed E-state index contributed by atoms with van der Waals surface area (Å²) in [7, 11) is -1.72. The predicted molar refractivity (Wildman–Crippen MR) is 86.3 cm³/mol. The van der Waals surface area contributed by atoms with Crippen molar-refractivity contribution < 1.29 is 9.22 Å². The highest BCUT2D eigenvalue weighted by Crippen LogP contribution is 2.56. The molecule has 2 nitrogen and oxygen atoms in total. The van der Waals surface area contributed by atoms with Gasteiger partial charge >= 0.3 is 0 Å². The molecule has 0 bridgehead atoms. The zero-order valence-corrected chi connectivity index (χ0v) is 15.4. The Kier molecular flexibility index (Phi) is 4.01. The van der Waals surface area contributed by atoms with Gasteiger partial charge in [0, 0.05) is 12.3 Å². The summed E-state index contributed by atoms with van der Waals surface area (Å²) < 4.78 is 6.75. The highest BCUT2D eigenvalue weighted by molar-refractivity contribution is 6.74. The van der Waals surface area contributed by atoms with E-state index in [-0.39, 0.29) is 16.4 Å². The van der Waals surface area contributed by atoms with E-state index in [1.54, 1.807) is 0 Å². The molecule has 0 aromatic rings.